The summed E-state index contributed by atoms with van der Waals surface area (Å²) in [7, 11) is 1.95. The van der Waals surface area contributed by atoms with Gasteiger partial charge in [-0.05, 0) is 68.2 Å². The minimum atomic E-state index is -2.22. The lowest BCUT2D eigenvalue weighted by Crippen LogP contribution is -2.60. The molecule has 0 saturated carbocycles. The van der Waals surface area contributed by atoms with E-state index in [1.165, 1.54) is 34.6 Å². The summed E-state index contributed by atoms with van der Waals surface area (Å²) < 4.78 is 19.5. The molecule has 0 aromatic rings. The fourth-order valence-electron chi connectivity index (χ4n) is 4.88. The topological polar surface area (TPSA) is 220 Å². The van der Waals surface area contributed by atoms with Gasteiger partial charge >= 0.3 is 35.8 Å². The second-order valence-corrected chi connectivity index (χ2v) is 11.6. The molecule has 0 aromatic heterocycles. The summed E-state index contributed by atoms with van der Waals surface area (Å²) in [5.74, 6) is -7.69. The van der Waals surface area contributed by atoms with Gasteiger partial charge in [-0.3, -0.25) is 28.8 Å². The van der Waals surface area contributed by atoms with Gasteiger partial charge in [0.05, 0.1) is 46.7 Å². The van der Waals surface area contributed by atoms with Crippen LogP contribution in [0.25, 0.3) is 0 Å². The molecule has 0 rings (SSSR count). The van der Waals surface area contributed by atoms with Crippen molar-refractivity contribution in [3.8, 4) is 0 Å². The number of ether oxygens (including phenoxy) is 4. The predicted molar refractivity (Wildman–Crippen MR) is 135 cm³/mol. The number of carboxylic acids is 2. The van der Waals surface area contributed by atoms with Crippen molar-refractivity contribution in [2.45, 2.75) is 68.2 Å². The summed E-state index contributed by atoms with van der Waals surface area (Å²) >= 11 is 0. The van der Waals surface area contributed by atoms with E-state index < -0.39 is 94.7 Å². The van der Waals surface area contributed by atoms with Crippen molar-refractivity contribution in [2.75, 3.05) is 27.8 Å². The van der Waals surface area contributed by atoms with Gasteiger partial charge < -0.3 is 39.4 Å². The number of aliphatic carboxylic acids is 2. The number of carbonyl (C=O) groups is 6. The van der Waals surface area contributed by atoms with Crippen molar-refractivity contribution in [1.29, 1.82) is 0 Å². The molecular formula is C26H42O14. The number of aliphatic hydroxyl groups is 2. The minimum Gasteiger partial charge on any atom is -0.481 e. The number of carboxylic acid groups (broad SMARTS) is 2. The van der Waals surface area contributed by atoms with Crippen LogP contribution in [0.1, 0.15) is 68.2 Å². The molecule has 0 aliphatic rings. The molecule has 40 heavy (non-hydrogen) atoms. The summed E-state index contributed by atoms with van der Waals surface area (Å²) in [6.45, 7) is 7.26. The zero-order valence-corrected chi connectivity index (χ0v) is 24.7. The van der Waals surface area contributed by atoms with Crippen LogP contribution in [0.2, 0.25) is 0 Å². The maximum atomic E-state index is 13.6. The van der Waals surface area contributed by atoms with Gasteiger partial charge in [0.2, 0.25) is 0 Å². The first kappa shape index (κ1) is 36.7. The summed E-state index contributed by atoms with van der Waals surface area (Å²) in [4.78, 5) is 78.1. The highest BCUT2D eigenvalue weighted by Crippen LogP contribution is 2.60. The molecule has 4 atom stereocenters. The first-order valence-electron chi connectivity index (χ1n) is 12.2. The molecule has 14 nitrogen and oxygen atoms in total. The number of aliphatic hydroxyl groups excluding tert-OH is 2. The largest absolute Gasteiger partial charge is 0.481 e. The summed E-state index contributed by atoms with van der Waals surface area (Å²) in [6, 6.07) is 0. The van der Waals surface area contributed by atoms with Crippen molar-refractivity contribution >= 4 is 35.8 Å². The lowest BCUT2D eigenvalue weighted by molar-refractivity contribution is -0.202. The molecule has 0 aromatic carbocycles. The van der Waals surface area contributed by atoms with E-state index in [1.807, 2.05) is 0 Å². The van der Waals surface area contributed by atoms with E-state index in [0.29, 0.717) is 0 Å². The maximum Gasteiger partial charge on any atom is 0.315 e. The molecule has 0 heterocycles. The van der Waals surface area contributed by atoms with Gasteiger partial charge in [0, 0.05) is 0 Å². The highest BCUT2D eigenvalue weighted by atomic mass is 16.6. The molecule has 0 aliphatic carbocycles. The van der Waals surface area contributed by atoms with Crippen molar-refractivity contribution in [1.82, 2.24) is 0 Å². The van der Waals surface area contributed by atoms with Crippen LogP contribution >= 0.6 is 0 Å². The molecule has 0 spiro atoms. The SMILES string of the molecule is COC(=O)C(C)(CC(C)(C(=O)O)C(C)(C)C(=O)O)C(C)(CC(C)(C(=O)OCO)C(C)(C)C(=O)OCO)C(=O)OC. The Labute approximate surface area is 232 Å². The van der Waals surface area contributed by atoms with Gasteiger partial charge in [-0.15, -0.1) is 0 Å². The molecule has 0 fully saturated rings. The Balaban J connectivity index is 7.77. The fourth-order valence-corrected chi connectivity index (χ4v) is 4.88. The number of hydrogen-bond acceptors (Lipinski definition) is 12. The zero-order chi connectivity index (χ0) is 32.1. The third kappa shape index (κ3) is 5.92. The van der Waals surface area contributed by atoms with Crippen molar-refractivity contribution in [2.24, 2.45) is 32.5 Å². The van der Waals surface area contributed by atoms with Crippen molar-refractivity contribution in [3.63, 3.8) is 0 Å². The zero-order valence-electron chi connectivity index (χ0n) is 24.7. The lowest BCUT2D eigenvalue weighted by atomic mass is 9.49. The molecule has 4 unspecified atom stereocenters. The second-order valence-electron chi connectivity index (χ2n) is 11.6. The molecular weight excluding hydrogens is 536 g/mol. The van der Waals surface area contributed by atoms with E-state index in [0.717, 1.165) is 35.0 Å². The fraction of sp³-hybridized carbons (Fsp3) is 0.769. The van der Waals surface area contributed by atoms with E-state index in [9.17, 15) is 44.1 Å². The third-order valence-corrected chi connectivity index (χ3v) is 9.02. The average molecular weight is 579 g/mol. The quantitative estimate of drug-likeness (QED) is 0.122. The van der Waals surface area contributed by atoms with Gasteiger partial charge in [-0.1, -0.05) is 0 Å². The summed E-state index contributed by atoms with van der Waals surface area (Å²) in [6.07, 6.45) is -1.56. The second kappa shape index (κ2) is 12.5. The first-order valence-corrected chi connectivity index (χ1v) is 12.2. The van der Waals surface area contributed by atoms with Crippen LogP contribution in [0.4, 0.5) is 0 Å². The van der Waals surface area contributed by atoms with Gasteiger partial charge in [0.15, 0.2) is 13.6 Å². The Morgan fingerprint density at radius 3 is 1.15 bits per heavy atom. The monoisotopic (exact) mass is 578 g/mol. The Kier molecular flexibility index (Phi) is 11.5. The van der Waals surface area contributed by atoms with Crippen LogP contribution in [0.15, 0.2) is 0 Å². The van der Waals surface area contributed by atoms with Crippen LogP contribution in [-0.4, -0.2) is 84.0 Å². The molecule has 0 amide bonds. The predicted octanol–water partition coefficient (Wildman–Crippen LogP) is 1.35. The average Bonchev–Trinajstić information content (AvgIpc) is 2.86. The van der Waals surface area contributed by atoms with Gasteiger partial charge in [0.25, 0.3) is 0 Å². The van der Waals surface area contributed by atoms with E-state index in [-0.39, 0.29) is 0 Å². The Morgan fingerprint density at radius 2 is 0.850 bits per heavy atom. The number of rotatable bonds is 15. The van der Waals surface area contributed by atoms with Crippen LogP contribution < -0.4 is 0 Å². The smallest absolute Gasteiger partial charge is 0.315 e. The molecule has 0 radical (unpaired) electrons. The van der Waals surface area contributed by atoms with E-state index in [4.69, 9.17) is 24.1 Å². The summed E-state index contributed by atoms with van der Waals surface area (Å²) in [5, 5.41) is 38.6. The standard InChI is InChI=1S/C26H42O14/c1-21(2,15(29)30)23(5,16(31)32)11-25(7,18(34)37-9)26(8,19(35)38-10)12-24(6,20(36)40-14-28)22(3,4)17(33)39-13-27/h27-28H,11-14H2,1-10H3,(H,29,30)(H,31,32). The highest BCUT2D eigenvalue weighted by molar-refractivity contribution is 5.93. The number of carbonyl (C=O) groups excluding carboxylic acids is 4. The van der Waals surface area contributed by atoms with Crippen LogP contribution in [0.3, 0.4) is 0 Å². The minimum absolute atomic E-state index is 0.756. The molecule has 0 saturated heterocycles. The van der Waals surface area contributed by atoms with E-state index in [1.54, 1.807) is 0 Å². The molecule has 14 heteroatoms. The third-order valence-electron chi connectivity index (χ3n) is 9.02. The lowest BCUT2D eigenvalue weighted by Gasteiger charge is -2.52. The van der Waals surface area contributed by atoms with E-state index >= 15 is 0 Å². The Bertz CT molecular complexity index is 1020. The van der Waals surface area contributed by atoms with Crippen LogP contribution in [0, 0.1) is 32.5 Å². The van der Waals surface area contributed by atoms with Crippen molar-refractivity contribution in [3.05, 3.63) is 0 Å². The number of methoxy groups -OCH3 is 2. The van der Waals surface area contributed by atoms with Crippen molar-refractivity contribution < 1.29 is 68.1 Å². The summed E-state index contributed by atoms with van der Waals surface area (Å²) in [5.41, 5.74) is -12.7. The highest BCUT2D eigenvalue weighted by Gasteiger charge is 2.68. The van der Waals surface area contributed by atoms with Crippen LogP contribution in [-0.2, 0) is 47.7 Å². The molecule has 0 aliphatic heterocycles. The molecule has 230 valence electrons. The first-order chi connectivity index (χ1) is 18.0. The van der Waals surface area contributed by atoms with Gasteiger partial charge in [-0.2, -0.15) is 0 Å². The number of esters is 4. The maximum absolute atomic E-state index is 13.6. The van der Waals surface area contributed by atoms with Gasteiger partial charge in [0.1, 0.15) is 0 Å². The molecule has 0 bridgehead atoms. The number of hydrogen-bond donors (Lipinski definition) is 4. The normalized spacial score (nSPS) is 18.0. The van der Waals surface area contributed by atoms with Crippen LogP contribution in [0.5, 0.6) is 0 Å². The molecule has 4 N–H and O–H groups in total. The van der Waals surface area contributed by atoms with E-state index in [2.05, 4.69) is 0 Å². The Morgan fingerprint density at radius 1 is 0.500 bits per heavy atom. The Hall–Kier alpha value is -3.26. The van der Waals surface area contributed by atoms with Gasteiger partial charge in [-0.25, -0.2) is 0 Å².